The van der Waals surface area contributed by atoms with Crippen molar-refractivity contribution in [2.24, 2.45) is 0 Å². The summed E-state index contributed by atoms with van der Waals surface area (Å²) in [6, 6.07) is 5.79. The van der Waals surface area contributed by atoms with Crippen LogP contribution in [0.3, 0.4) is 0 Å². The molecule has 1 aromatic rings. The Bertz CT molecular complexity index is 378. The third-order valence-electron chi connectivity index (χ3n) is 1.50. The van der Waals surface area contributed by atoms with Gasteiger partial charge < -0.3 is 19.0 Å². The van der Waals surface area contributed by atoms with Gasteiger partial charge in [-0.25, -0.2) is 0 Å². The normalized spacial score (nSPS) is 16.5. The molecule has 1 N–H and O–H groups in total. The van der Waals surface area contributed by atoms with Crippen molar-refractivity contribution >= 4 is 19.4 Å². The quantitative estimate of drug-likeness (QED) is 0.818. The minimum atomic E-state index is -4.44. The van der Waals surface area contributed by atoms with Crippen LogP contribution in [0, 0.1) is 0 Å². The van der Waals surface area contributed by atoms with Crippen LogP contribution in [0.1, 0.15) is 6.92 Å². The highest BCUT2D eigenvalue weighted by atomic mass is 35.5. The third-order valence-corrected chi connectivity index (χ3v) is 2.66. The van der Waals surface area contributed by atoms with Gasteiger partial charge in [0.2, 0.25) is 0 Å². The van der Waals surface area contributed by atoms with Gasteiger partial charge in [0.25, 0.3) is 0 Å². The van der Waals surface area contributed by atoms with Crippen LogP contribution >= 0.6 is 19.4 Å². The molecular weight excluding hydrogens is 255 g/mol. The largest absolute Gasteiger partial charge is 0.746 e. The first-order valence-electron chi connectivity index (χ1n) is 4.48. The number of aliphatic hydroxyl groups is 1. The van der Waals surface area contributed by atoms with Crippen LogP contribution in [0.2, 0.25) is 5.02 Å². The van der Waals surface area contributed by atoms with Gasteiger partial charge in [0.05, 0.1) is 12.7 Å². The molecule has 0 radical (unpaired) electrons. The second-order valence-corrected chi connectivity index (χ2v) is 4.91. The van der Waals surface area contributed by atoms with Crippen molar-refractivity contribution in [2.75, 3.05) is 6.61 Å². The molecule has 0 aliphatic rings. The number of phosphoric ester groups is 1. The Balaban J connectivity index is 2.58. The molecule has 0 aliphatic carbocycles. The zero-order valence-corrected chi connectivity index (χ0v) is 10.1. The predicted molar refractivity (Wildman–Crippen MR) is 57.3 cm³/mol. The Kier molecular flexibility index (Phi) is 4.77. The predicted octanol–water partition coefficient (Wildman–Crippen LogP) is 1.58. The zero-order chi connectivity index (χ0) is 12.2. The molecule has 0 aromatic heterocycles. The summed E-state index contributed by atoms with van der Waals surface area (Å²) in [6.45, 7) is 1.07. The topological polar surface area (TPSA) is 78.8 Å². The SMILES string of the molecule is CC(O)COP(=O)([O-])Oc1ccc(Cl)cc1. The molecule has 0 amide bonds. The highest BCUT2D eigenvalue weighted by Crippen LogP contribution is 2.39. The van der Waals surface area contributed by atoms with E-state index < -0.39 is 13.9 Å². The molecule has 1 aromatic carbocycles. The van der Waals surface area contributed by atoms with E-state index in [2.05, 4.69) is 9.05 Å². The lowest BCUT2D eigenvalue weighted by atomic mass is 10.3. The Morgan fingerprint density at radius 3 is 2.56 bits per heavy atom. The van der Waals surface area contributed by atoms with E-state index in [1.165, 1.54) is 31.2 Å². The second-order valence-electron chi connectivity index (χ2n) is 3.14. The second kappa shape index (κ2) is 5.66. The van der Waals surface area contributed by atoms with Crippen LogP contribution in [0.5, 0.6) is 5.75 Å². The van der Waals surface area contributed by atoms with Gasteiger partial charge in [-0.05, 0) is 31.2 Å². The summed E-state index contributed by atoms with van der Waals surface area (Å²) in [5.41, 5.74) is 0. The van der Waals surface area contributed by atoms with E-state index in [-0.39, 0.29) is 12.4 Å². The number of hydrogen-bond acceptors (Lipinski definition) is 5. The highest BCUT2D eigenvalue weighted by molar-refractivity contribution is 7.46. The first-order valence-corrected chi connectivity index (χ1v) is 6.32. The third kappa shape index (κ3) is 4.96. The molecular formula is C9H11ClO5P-. The molecule has 0 aliphatic heterocycles. The van der Waals surface area contributed by atoms with E-state index in [1.54, 1.807) is 0 Å². The maximum atomic E-state index is 11.2. The van der Waals surface area contributed by atoms with Gasteiger partial charge in [-0.2, -0.15) is 0 Å². The number of rotatable bonds is 5. The van der Waals surface area contributed by atoms with Crippen molar-refractivity contribution in [3.8, 4) is 5.75 Å². The fourth-order valence-corrected chi connectivity index (χ4v) is 1.81. The maximum Gasteiger partial charge on any atom is 0.319 e. The average molecular weight is 266 g/mol. The smallest absolute Gasteiger partial charge is 0.319 e. The number of hydrogen-bond donors (Lipinski definition) is 1. The van der Waals surface area contributed by atoms with Gasteiger partial charge in [-0.3, -0.25) is 4.57 Å². The van der Waals surface area contributed by atoms with Crippen LogP contribution in [0.25, 0.3) is 0 Å². The minimum absolute atomic E-state index is 0.105. The first kappa shape index (κ1) is 13.5. The molecule has 0 saturated heterocycles. The fourth-order valence-electron chi connectivity index (χ4n) is 0.850. The molecule has 0 spiro atoms. The molecule has 2 atom stereocenters. The molecule has 0 fully saturated rings. The molecule has 90 valence electrons. The first-order chi connectivity index (χ1) is 7.39. The Morgan fingerprint density at radius 2 is 2.06 bits per heavy atom. The molecule has 5 nitrogen and oxygen atoms in total. The fraction of sp³-hybridized carbons (Fsp3) is 0.333. The summed E-state index contributed by atoms with van der Waals surface area (Å²) < 4.78 is 20.3. The highest BCUT2D eigenvalue weighted by Gasteiger charge is 2.12. The molecule has 16 heavy (non-hydrogen) atoms. The van der Waals surface area contributed by atoms with Crippen molar-refractivity contribution in [1.29, 1.82) is 0 Å². The Hall–Kier alpha value is -0.580. The van der Waals surface area contributed by atoms with Crippen molar-refractivity contribution in [1.82, 2.24) is 0 Å². The summed E-state index contributed by atoms with van der Waals surface area (Å²) in [5, 5.41) is 9.33. The van der Waals surface area contributed by atoms with E-state index in [1.807, 2.05) is 0 Å². The van der Waals surface area contributed by atoms with Gasteiger partial charge >= 0.3 is 7.82 Å². The lowest BCUT2D eigenvalue weighted by Gasteiger charge is -2.23. The molecule has 0 heterocycles. The van der Waals surface area contributed by atoms with Crippen molar-refractivity contribution in [3.05, 3.63) is 29.3 Å². The van der Waals surface area contributed by atoms with Crippen molar-refractivity contribution < 1.29 is 23.6 Å². The molecule has 0 saturated carbocycles. The van der Waals surface area contributed by atoms with Crippen molar-refractivity contribution in [2.45, 2.75) is 13.0 Å². The molecule has 0 bridgehead atoms. The van der Waals surface area contributed by atoms with Crippen molar-refractivity contribution in [3.63, 3.8) is 0 Å². The molecule has 2 unspecified atom stereocenters. The number of aliphatic hydroxyl groups excluding tert-OH is 1. The number of benzene rings is 1. The standard InChI is InChI=1S/C9H12ClO5P/c1-7(11)6-14-16(12,13)15-9-4-2-8(10)3-5-9/h2-5,7,11H,6H2,1H3,(H,12,13)/p-1. The Labute approximate surface area is 98.2 Å². The average Bonchev–Trinajstić information content (AvgIpc) is 2.19. The maximum absolute atomic E-state index is 11.2. The summed E-state index contributed by atoms with van der Waals surface area (Å²) >= 11 is 5.62. The van der Waals surface area contributed by atoms with E-state index in [0.717, 1.165) is 0 Å². The monoisotopic (exact) mass is 265 g/mol. The van der Waals surface area contributed by atoms with Gasteiger partial charge in [-0.15, -0.1) is 0 Å². The lowest BCUT2D eigenvalue weighted by Crippen LogP contribution is -2.16. The molecule has 7 heteroatoms. The lowest BCUT2D eigenvalue weighted by molar-refractivity contribution is -0.218. The van der Waals surface area contributed by atoms with Crippen LogP contribution < -0.4 is 9.42 Å². The summed E-state index contributed by atoms with van der Waals surface area (Å²) in [4.78, 5) is 11.2. The van der Waals surface area contributed by atoms with Gasteiger partial charge in [0, 0.05) is 5.02 Å². The summed E-state index contributed by atoms with van der Waals surface area (Å²) in [7, 11) is -4.44. The number of phosphoric acid groups is 1. The van der Waals surface area contributed by atoms with Crippen LogP contribution in [-0.2, 0) is 9.09 Å². The zero-order valence-electron chi connectivity index (χ0n) is 8.50. The van der Waals surface area contributed by atoms with E-state index in [9.17, 15) is 9.46 Å². The summed E-state index contributed by atoms with van der Waals surface area (Å²) in [6.07, 6.45) is -0.879. The van der Waals surface area contributed by atoms with Gasteiger partial charge in [0.1, 0.15) is 5.75 Å². The Morgan fingerprint density at radius 1 is 1.50 bits per heavy atom. The van der Waals surface area contributed by atoms with Gasteiger partial charge in [0.15, 0.2) is 0 Å². The van der Waals surface area contributed by atoms with E-state index >= 15 is 0 Å². The van der Waals surface area contributed by atoms with Crippen LogP contribution in [0.15, 0.2) is 24.3 Å². The minimum Gasteiger partial charge on any atom is -0.746 e. The van der Waals surface area contributed by atoms with E-state index in [4.69, 9.17) is 16.7 Å². The van der Waals surface area contributed by atoms with E-state index in [0.29, 0.717) is 5.02 Å². The van der Waals surface area contributed by atoms with Crippen LogP contribution in [0.4, 0.5) is 0 Å². The van der Waals surface area contributed by atoms with Crippen LogP contribution in [-0.4, -0.2) is 17.8 Å². The number of halogens is 1. The molecule has 1 rings (SSSR count). The summed E-state index contributed by atoms with van der Waals surface area (Å²) in [5.74, 6) is 0.105. The van der Waals surface area contributed by atoms with Gasteiger partial charge in [-0.1, -0.05) is 11.6 Å².